The molecule has 0 spiro atoms. The molecule has 124 valence electrons. The Morgan fingerprint density at radius 3 is 2.36 bits per heavy atom. The Kier molecular flexibility index (Phi) is 5.47. The van der Waals surface area contributed by atoms with Gasteiger partial charge in [-0.25, -0.2) is 8.42 Å². The highest BCUT2D eigenvalue weighted by Crippen LogP contribution is 2.29. The zero-order valence-corrected chi connectivity index (χ0v) is 14.7. The highest BCUT2D eigenvalue weighted by molar-refractivity contribution is 7.89. The van der Waals surface area contributed by atoms with Gasteiger partial charge in [0.2, 0.25) is 10.0 Å². The van der Waals surface area contributed by atoms with Gasteiger partial charge in [-0.15, -0.1) is 0 Å². The second kappa shape index (κ2) is 6.98. The van der Waals surface area contributed by atoms with Gasteiger partial charge in [-0.2, -0.15) is 4.31 Å². The summed E-state index contributed by atoms with van der Waals surface area (Å²) in [6, 6.07) is 3.49. The number of sulfonamides is 1. The molecule has 0 amide bonds. The fourth-order valence-corrected chi connectivity index (χ4v) is 4.08. The highest BCUT2D eigenvalue weighted by atomic mass is 32.2. The highest BCUT2D eigenvalue weighted by Gasteiger charge is 2.26. The van der Waals surface area contributed by atoms with Crippen LogP contribution in [0.1, 0.15) is 24.0 Å². The number of nitrogens with zero attached hydrogens (tertiary/aromatic N) is 2. The normalized spacial score (nSPS) is 16.4. The topological polar surface area (TPSA) is 49.9 Å². The van der Waals surface area contributed by atoms with Crippen LogP contribution in [0.5, 0.6) is 5.75 Å². The van der Waals surface area contributed by atoms with Gasteiger partial charge in [-0.1, -0.05) is 0 Å². The average molecular weight is 326 g/mol. The first-order valence-electron chi connectivity index (χ1n) is 7.70. The molecule has 1 heterocycles. The summed E-state index contributed by atoms with van der Waals surface area (Å²) in [7, 11) is -0.385. The fourth-order valence-electron chi connectivity index (χ4n) is 2.70. The van der Waals surface area contributed by atoms with Gasteiger partial charge in [-0.3, -0.25) is 0 Å². The maximum absolute atomic E-state index is 12.8. The van der Waals surface area contributed by atoms with E-state index in [9.17, 15) is 8.42 Å². The summed E-state index contributed by atoms with van der Waals surface area (Å²) in [4.78, 5) is 2.56. The van der Waals surface area contributed by atoms with Gasteiger partial charge >= 0.3 is 0 Å². The predicted octanol–water partition coefficient (Wildman–Crippen LogP) is 2.03. The van der Waals surface area contributed by atoms with Crippen LogP contribution < -0.4 is 4.74 Å². The standard InChI is InChI=1S/C16H26N2O3S/c1-13-11-15(21-4)16(12-14(13)2)22(19,20)17(3)9-10-18-7-5-6-8-18/h11-12H,5-10H2,1-4H3. The number of rotatable bonds is 6. The van der Waals surface area contributed by atoms with E-state index in [1.54, 1.807) is 19.2 Å². The molecule has 1 aromatic rings. The second-order valence-corrected chi connectivity index (χ2v) is 7.98. The van der Waals surface area contributed by atoms with Crippen LogP contribution in [-0.4, -0.2) is 58.0 Å². The quantitative estimate of drug-likeness (QED) is 0.802. The lowest BCUT2D eigenvalue weighted by atomic mass is 10.1. The third kappa shape index (κ3) is 3.62. The summed E-state index contributed by atoms with van der Waals surface area (Å²) in [5.41, 5.74) is 1.97. The molecule has 0 aromatic heterocycles. The van der Waals surface area contributed by atoms with E-state index in [1.807, 2.05) is 13.8 Å². The number of likely N-dealkylation sites (tertiary alicyclic amines) is 1. The van der Waals surface area contributed by atoms with Crippen molar-refractivity contribution in [2.24, 2.45) is 0 Å². The van der Waals surface area contributed by atoms with Crippen LogP contribution in [0.4, 0.5) is 0 Å². The zero-order chi connectivity index (χ0) is 16.3. The van der Waals surface area contributed by atoms with Crippen molar-refractivity contribution in [3.05, 3.63) is 23.3 Å². The van der Waals surface area contributed by atoms with Gasteiger partial charge in [0.1, 0.15) is 10.6 Å². The van der Waals surface area contributed by atoms with E-state index in [0.29, 0.717) is 12.3 Å². The third-order valence-electron chi connectivity index (χ3n) is 4.40. The molecule has 2 rings (SSSR count). The molecule has 0 bridgehead atoms. The Bertz CT molecular complexity index is 623. The molecule has 1 aliphatic rings. The monoisotopic (exact) mass is 326 g/mol. The average Bonchev–Trinajstić information content (AvgIpc) is 3.00. The van der Waals surface area contributed by atoms with Crippen LogP contribution in [0.25, 0.3) is 0 Å². The maximum Gasteiger partial charge on any atom is 0.246 e. The third-order valence-corrected chi connectivity index (χ3v) is 6.28. The Morgan fingerprint density at radius 2 is 1.77 bits per heavy atom. The second-order valence-electron chi connectivity index (χ2n) is 5.96. The molecule has 1 aliphatic heterocycles. The smallest absolute Gasteiger partial charge is 0.246 e. The maximum atomic E-state index is 12.8. The molecule has 0 saturated carbocycles. The zero-order valence-electron chi connectivity index (χ0n) is 13.9. The molecule has 6 heteroatoms. The molecule has 0 aliphatic carbocycles. The van der Waals surface area contributed by atoms with Gasteiger partial charge < -0.3 is 9.64 Å². The van der Waals surface area contributed by atoms with E-state index in [4.69, 9.17) is 4.74 Å². The van der Waals surface area contributed by atoms with Crippen molar-refractivity contribution in [1.82, 2.24) is 9.21 Å². The van der Waals surface area contributed by atoms with E-state index in [2.05, 4.69) is 4.90 Å². The van der Waals surface area contributed by atoms with Crippen LogP contribution in [0, 0.1) is 13.8 Å². The Balaban J connectivity index is 2.19. The van der Waals surface area contributed by atoms with E-state index in [-0.39, 0.29) is 4.90 Å². The lowest BCUT2D eigenvalue weighted by Crippen LogP contribution is -2.35. The summed E-state index contributed by atoms with van der Waals surface area (Å²) in [6.07, 6.45) is 2.42. The van der Waals surface area contributed by atoms with Crippen molar-refractivity contribution in [3.8, 4) is 5.75 Å². The number of hydrogen-bond acceptors (Lipinski definition) is 4. The summed E-state index contributed by atoms with van der Waals surface area (Å²) in [5.74, 6) is 0.413. The van der Waals surface area contributed by atoms with E-state index in [0.717, 1.165) is 30.8 Å². The number of ether oxygens (including phenoxy) is 1. The molecule has 1 saturated heterocycles. The van der Waals surface area contributed by atoms with Gasteiger partial charge in [0.25, 0.3) is 0 Å². The van der Waals surface area contributed by atoms with Crippen molar-refractivity contribution in [2.45, 2.75) is 31.6 Å². The molecule has 0 atom stereocenters. The van der Waals surface area contributed by atoms with E-state index >= 15 is 0 Å². The lowest BCUT2D eigenvalue weighted by Gasteiger charge is -2.22. The van der Waals surface area contributed by atoms with E-state index < -0.39 is 10.0 Å². The first-order chi connectivity index (χ1) is 10.4. The van der Waals surface area contributed by atoms with Gasteiger partial charge in [0.05, 0.1) is 7.11 Å². The van der Waals surface area contributed by atoms with Crippen molar-refractivity contribution in [1.29, 1.82) is 0 Å². The first-order valence-corrected chi connectivity index (χ1v) is 9.14. The SMILES string of the molecule is COc1cc(C)c(C)cc1S(=O)(=O)N(C)CCN1CCCC1. The molecule has 1 aromatic carbocycles. The van der Waals surface area contributed by atoms with E-state index in [1.165, 1.54) is 24.3 Å². The molecule has 0 N–H and O–H groups in total. The van der Waals surface area contributed by atoms with Crippen molar-refractivity contribution >= 4 is 10.0 Å². The number of benzene rings is 1. The summed E-state index contributed by atoms with van der Waals surface area (Å²) < 4.78 is 32.3. The van der Waals surface area contributed by atoms with Gasteiger partial charge in [-0.05, 0) is 63.0 Å². The number of aryl methyl sites for hydroxylation is 2. The molecule has 0 radical (unpaired) electrons. The summed E-state index contributed by atoms with van der Waals surface area (Å²) >= 11 is 0. The Hall–Kier alpha value is -1.11. The van der Waals surface area contributed by atoms with Gasteiger partial charge in [0, 0.05) is 20.1 Å². The Morgan fingerprint density at radius 1 is 1.18 bits per heavy atom. The van der Waals surface area contributed by atoms with Crippen LogP contribution in [0.15, 0.2) is 17.0 Å². The van der Waals surface area contributed by atoms with Gasteiger partial charge in [0.15, 0.2) is 0 Å². The van der Waals surface area contributed by atoms with Crippen molar-refractivity contribution in [2.75, 3.05) is 40.3 Å². The summed E-state index contributed by atoms with van der Waals surface area (Å²) in [6.45, 7) is 7.28. The molecular formula is C16H26N2O3S. The minimum Gasteiger partial charge on any atom is -0.495 e. The fraction of sp³-hybridized carbons (Fsp3) is 0.625. The van der Waals surface area contributed by atoms with Crippen LogP contribution in [-0.2, 0) is 10.0 Å². The summed E-state index contributed by atoms with van der Waals surface area (Å²) in [5, 5.41) is 0. The van der Waals surface area contributed by atoms with Crippen LogP contribution in [0.3, 0.4) is 0 Å². The van der Waals surface area contributed by atoms with Crippen molar-refractivity contribution in [3.63, 3.8) is 0 Å². The largest absolute Gasteiger partial charge is 0.495 e. The predicted molar refractivity (Wildman–Crippen MR) is 88.0 cm³/mol. The van der Waals surface area contributed by atoms with Crippen LogP contribution >= 0.6 is 0 Å². The van der Waals surface area contributed by atoms with Crippen LogP contribution in [0.2, 0.25) is 0 Å². The molecule has 22 heavy (non-hydrogen) atoms. The Labute approximate surface area is 133 Å². The molecular weight excluding hydrogens is 300 g/mol. The number of methoxy groups -OCH3 is 1. The molecule has 5 nitrogen and oxygen atoms in total. The van der Waals surface area contributed by atoms with Crippen molar-refractivity contribution < 1.29 is 13.2 Å². The first kappa shape index (κ1) is 17.2. The minimum absolute atomic E-state index is 0.252. The minimum atomic E-state index is -3.53. The lowest BCUT2D eigenvalue weighted by molar-refractivity contribution is 0.309. The number of likely N-dealkylation sites (N-methyl/N-ethyl adjacent to an activating group) is 1. The number of hydrogen-bond donors (Lipinski definition) is 0. The molecule has 1 fully saturated rings. The molecule has 0 unspecified atom stereocenters.